The van der Waals surface area contributed by atoms with E-state index >= 15 is 0 Å². The highest BCUT2D eigenvalue weighted by molar-refractivity contribution is 9.10. The molecule has 0 spiro atoms. The molecule has 0 unspecified atom stereocenters. The van der Waals surface area contributed by atoms with Gasteiger partial charge in [0.2, 0.25) is 0 Å². The van der Waals surface area contributed by atoms with Crippen molar-refractivity contribution in [1.82, 2.24) is 4.98 Å². The molecule has 88 valence electrons. The van der Waals surface area contributed by atoms with Crippen molar-refractivity contribution in [2.75, 3.05) is 11.1 Å². The number of benzene rings is 1. The van der Waals surface area contributed by atoms with Crippen LogP contribution in [0.2, 0.25) is 5.02 Å². The summed E-state index contributed by atoms with van der Waals surface area (Å²) in [7, 11) is 0. The molecule has 0 radical (unpaired) electrons. The minimum atomic E-state index is 0.498. The molecule has 0 aliphatic rings. The van der Waals surface area contributed by atoms with E-state index in [1.54, 1.807) is 12.3 Å². The number of aryl methyl sites for hydroxylation is 1. The number of nitrogen functional groups attached to an aromatic ring is 1. The van der Waals surface area contributed by atoms with Crippen LogP contribution in [0.4, 0.5) is 17.2 Å². The van der Waals surface area contributed by atoms with Crippen LogP contribution < -0.4 is 11.1 Å². The van der Waals surface area contributed by atoms with Gasteiger partial charge in [0.1, 0.15) is 5.82 Å². The van der Waals surface area contributed by atoms with Gasteiger partial charge in [-0.15, -0.1) is 0 Å². The van der Waals surface area contributed by atoms with E-state index in [1.807, 2.05) is 25.1 Å². The minimum Gasteiger partial charge on any atom is -0.397 e. The molecule has 3 nitrogen and oxygen atoms in total. The molecule has 0 aliphatic heterocycles. The molecule has 2 rings (SSSR count). The fraction of sp³-hybridized carbons (Fsp3) is 0.0833. The van der Waals surface area contributed by atoms with Gasteiger partial charge in [0, 0.05) is 4.47 Å². The third-order valence-electron chi connectivity index (χ3n) is 2.24. The van der Waals surface area contributed by atoms with Crippen LogP contribution in [-0.2, 0) is 0 Å². The Bertz CT molecular complexity index is 508. The minimum absolute atomic E-state index is 0.498. The fourth-order valence-electron chi connectivity index (χ4n) is 1.39. The second kappa shape index (κ2) is 4.94. The Morgan fingerprint density at radius 2 is 2.12 bits per heavy atom. The van der Waals surface area contributed by atoms with Gasteiger partial charge in [-0.2, -0.15) is 0 Å². The molecular formula is C12H11BrClN3. The number of aromatic nitrogens is 1. The average Bonchev–Trinajstić information content (AvgIpc) is 2.25. The van der Waals surface area contributed by atoms with E-state index in [4.69, 9.17) is 17.3 Å². The first-order valence-electron chi connectivity index (χ1n) is 5.00. The zero-order valence-electron chi connectivity index (χ0n) is 9.17. The van der Waals surface area contributed by atoms with Gasteiger partial charge in [0.25, 0.3) is 0 Å². The monoisotopic (exact) mass is 311 g/mol. The highest BCUT2D eigenvalue weighted by Crippen LogP contribution is 2.29. The van der Waals surface area contributed by atoms with Crippen LogP contribution in [0.25, 0.3) is 0 Å². The molecule has 1 heterocycles. The number of rotatable bonds is 2. The Morgan fingerprint density at radius 1 is 1.35 bits per heavy atom. The zero-order valence-corrected chi connectivity index (χ0v) is 11.5. The Morgan fingerprint density at radius 3 is 2.76 bits per heavy atom. The van der Waals surface area contributed by atoms with E-state index in [-0.39, 0.29) is 0 Å². The van der Waals surface area contributed by atoms with Gasteiger partial charge >= 0.3 is 0 Å². The van der Waals surface area contributed by atoms with Crippen LogP contribution in [0.5, 0.6) is 0 Å². The number of hydrogen-bond acceptors (Lipinski definition) is 3. The Kier molecular flexibility index (Phi) is 3.54. The van der Waals surface area contributed by atoms with Crippen LogP contribution in [0.1, 0.15) is 5.56 Å². The molecular weight excluding hydrogens is 302 g/mol. The molecule has 3 N–H and O–H groups in total. The van der Waals surface area contributed by atoms with E-state index < -0.39 is 0 Å². The topological polar surface area (TPSA) is 50.9 Å². The molecule has 0 aliphatic carbocycles. The first-order valence-corrected chi connectivity index (χ1v) is 6.17. The second-order valence-electron chi connectivity index (χ2n) is 3.71. The normalized spacial score (nSPS) is 10.3. The second-order valence-corrected chi connectivity index (χ2v) is 4.97. The highest BCUT2D eigenvalue weighted by atomic mass is 79.9. The first kappa shape index (κ1) is 12.2. The smallest absolute Gasteiger partial charge is 0.149 e. The van der Waals surface area contributed by atoms with E-state index in [0.29, 0.717) is 16.5 Å². The van der Waals surface area contributed by atoms with Gasteiger partial charge in [-0.1, -0.05) is 17.7 Å². The summed E-state index contributed by atoms with van der Waals surface area (Å²) < 4.78 is 0.965. The lowest BCUT2D eigenvalue weighted by Crippen LogP contribution is -1.97. The zero-order chi connectivity index (χ0) is 12.4. The SMILES string of the molecule is Cc1ccc(Nc2ncc(N)cc2Cl)c(Br)c1. The van der Waals surface area contributed by atoms with Crippen molar-refractivity contribution in [3.63, 3.8) is 0 Å². The molecule has 2 aromatic rings. The number of nitrogens with one attached hydrogen (secondary N) is 1. The lowest BCUT2D eigenvalue weighted by molar-refractivity contribution is 1.30. The van der Waals surface area contributed by atoms with Gasteiger partial charge in [0.15, 0.2) is 0 Å². The maximum absolute atomic E-state index is 6.04. The maximum atomic E-state index is 6.04. The molecule has 1 aromatic carbocycles. The fourth-order valence-corrected chi connectivity index (χ4v) is 2.21. The van der Waals surface area contributed by atoms with Crippen LogP contribution in [0, 0.1) is 6.92 Å². The predicted molar refractivity (Wildman–Crippen MR) is 75.8 cm³/mol. The highest BCUT2D eigenvalue weighted by Gasteiger charge is 2.05. The average molecular weight is 313 g/mol. The molecule has 0 atom stereocenters. The van der Waals surface area contributed by atoms with Crippen LogP contribution in [0.3, 0.4) is 0 Å². The summed E-state index contributed by atoms with van der Waals surface area (Å²) >= 11 is 9.53. The lowest BCUT2D eigenvalue weighted by Gasteiger charge is -2.10. The standard InChI is InChI=1S/C12H11BrClN3/c1-7-2-3-11(9(13)4-7)17-12-10(14)5-8(15)6-16-12/h2-6H,15H2,1H3,(H,16,17). The van der Waals surface area contributed by atoms with Crippen molar-refractivity contribution < 1.29 is 0 Å². The Balaban J connectivity index is 2.31. The predicted octanol–water partition coefficient (Wildman–Crippen LogP) is 4.13. The van der Waals surface area contributed by atoms with Crippen molar-refractivity contribution in [3.05, 3.63) is 45.5 Å². The van der Waals surface area contributed by atoms with Crippen LogP contribution >= 0.6 is 27.5 Å². The number of halogens is 2. The third kappa shape index (κ3) is 2.90. The summed E-state index contributed by atoms with van der Waals surface area (Å²) in [6.07, 6.45) is 1.57. The third-order valence-corrected chi connectivity index (χ3v) is 3.18. The molecule has 0 saturated heterocycles. The molecule has 0 fully saturated rings. The van der Waals surface area contributed by atoms with Crippen molar-refractivity contribution >= 4 is 44.7 Å². The number of pyridine rings is 1. The van der Waals surface area contributed by atoms with Gasteiger partial charge in [-0.25, -0.2) is 4.98 Å². The molecule has 5 heteroatoms. The summed E-state index contributed by atoms with van der Waals surface area (Å²) in [4.78, 5) is 4.15. The van der Waals surface area contributed by atoms with E-state index in [0.717, 1.165) is 10.2 Å². The number of nitrogens with two attached hydrogens (primary N) is 1. The lowest BCUT2D eigenvalue weighted by atomic mass is 10.2. The Labute approximate surface area is 113 Å². The summed E-state index contributed by atoms with van der Waals surface area (Å²) in [6, 6.07) is 7.67. The van der Waals surface area contributed by atoms with Crippen molar-refractivity contribution in [3.8, 4) is 0 Å². The molecule has 0 saturated carbocycles. The van der Waals surface area contributed by atoms with Gasteiger partial charge in [-0.3, -0.25) is 0 Å². The maximum Gasteiger partial charge on any atom is 0.149 e. The summed E-state index contributed by atoms with van der Waals surface area (Å²) in [6.45, 7) is 2.03. The number of nitrogens with zero attached hydrogens (tertiary/aromatic N) is 1. The van der Waals surface area contributed by atoms with Gasteiger partial charge in [-0.05, 0) is 46.6 Å². The number of anilines is 3. The molecule has 0 bridgehead atoms. The molecule has 17 heavy (non-hydrogen) atoms. The largest absolute Gasteiger partial charge is 0.397 e. The first-order chi connectivity index (χ1) is 8.06. The van der Waals surface area contributed by atoms with Crippen molar-refractivity contribution in [2.45, 2.75) is 6.92 Å². The Hall–Kier alpha value is -1.26. The van der Waals surface area contributed by atoms with Gasteiger partial charge < -0.3 is 11.1 Å². The molecule has 1 aromatic heterocycles. The molecule has 0 amide bonds. The van der Waals surface area contributed by atoms with E-state index in [1.165, 1.54) is 5.56 Å². The van der Waals surface area contributed by atoms with E-state index in [9.17, 15) is 0 Å². The van der Waals surface area contributed by atoms with Gasteiger partial charge in [0.05, 0.1) is 22.6 Å². The van der Waals surface area contributed by atoms with Crippen molar-refractivity contribution in [1.29, 1.82) is 0 Å². The van der Waals surface area contributed by atoms with Crippen LogP contribution in [0.15, 0.2) is 34.9 Å². The summed E-state index contributed by atoms with van der Waals surface area (Å²) in [5.74, 6) is 0.588. The van der Waals surface area contributed by atoms with Crippen molar-refractivity contribution in [2.24, 2.45) is 0 Å². The van der Waals surface area contributed by atoms with Crippen LogP contribution in [-0.4, -0.2) is 4.98 Å². The summed E-state index contributed by atoms with van der Waals surface area (Å²) in [5.41, 5.74) is 8.22. The quantitative estimate of drug-likeness (QED) is 0.876. The number of hydrogen-bond donors (Lipinski definition) is 2. The van der Waals surface area contributed by atoms with E-state index in [2.05, 4.69) is 26.2 Å². The summed E-state index contributed by atoms with van der Waals surface area (Å²) in [5, 5.41) is 3.65.